The van der Waals surface area contributed by atoms with Crippen LogP contribution in [0.3, 0.4) is 0 Å². The molecule has 2 heterocycles. The minimum absolute atomic E-state index is 0.667. The van der Waals surface area contributed by atoms with Crippen LogP contribution in [0.2, 0.25) is 0 Å². The monoisotopic (exact) mass is 260 g/mol. The Morgan fingerprint density at radius 2 is 2.21 bits per heavy atom. The first-order valence-corrected chi connectivity index (χ1v) is 6.37. The van der Waals surface area contributed by atoms with Crippen molar-refractivity contribution in [3.05, 3.63) is 41.5 Å². The molecule has 2 aromatic rings. The molecule has 0 bridgehead atoms. The summed E-state index contributed by atoms with van der Waals surface area (Å²) < 4.78 is 7.16. The smallest absolute Gasteiger partial charge is 0.203 e. The lowest BCUT2D eigenvalue weighted by atomic mass is 10.1. The lowest BCUT2D eigenvalue weighted by molar-refractivity contribution is 0.210. The van der Waals surface area contributed by atoms with E-state index in [1.807, 2.05) is 25.4 Å². The molecule has 0 aliphatic carbocycles. The number of methoxy groups -OCH3 is 1. The predicted octanol–water partition coefficient (Wildman–Crippen LogP) is 2.00. The molecule has 2 aromatic heterocycles. The second-order valence-electron chi connectivity index (χ2n) is 4.56. The van der Waals surface area contributed by atoms with Gasteiger partial charge in [0.15, 0.2) is 0 Å². The number of nitrogens with zero attached hydrogens (tertiary/aromatic N) is 3. The minimum atomic E-state index is 0.667. The summed E-state index contributed by atoms with van der Waals surface area (Å²) in [6, 6.07) is 2.05. The summed E-state index contributed by atoms with van der Waals surface area (Å²) in [4.78, 5) is 8.61. The second-order valence-corrected chi connectivity index (χ2v) is 4.56. The van der Waals surface area contributed by atoms with Crippen LogP contribution in [0.1, 0.15) is 16.8 Å². The van der Waals surface area contributed by atoms with Crippen LogP contribution in [0.25, 0.3) is 0 Å². The predicted molar refractivity (Wildman–Crippen MR) is 75.4 cm³/mol. The van der Waals surface area contributed by atoms with E-state index in [9.17, 15) is 0 Å². The van der Waals surface area contributed by atoms with Gasteiger partial charge in [-0.3, -0.25) is 4.98 Å². The number of aromatic nitrogens is 3. The van der Waals surface area contributed by atoms with Gasteiger partial charge in [-0.05, 0) is 31.0 Å². The van der Waals surface area contributed by atoms with Gasteiger partial charge >= 0.3 is 0 Å². The summed E-state index contributed by atoms with van der Waals surface area (Å²) in [6.45, 7) is 6.29. The van der Waals surface area contributed by atoms with Crippen molar-refractivity contribution >= 4 is 5.95 Å². The molecule has 0 aromatic carbocycles. The maximum Gasteiger partial charge on any atom is 0.203 e. The lowest BCUT2D eigenvalue weighted by Crippen LogP contribution is -2.13. The first-order valence-electron chi connectivity index (χ1n) is 6.37. The van der Waals surface area contributed by atoms with Crippen LogP contribution in [-0.4, -0.2) is 34.8 Å². The molecule has 102 valence electrons. The van der Waals surface area contributed by atoms with E-state index in [0.717, 1.165) is 24.7 Å². The van der Waals surface area contributed by atoms with Crippen molar-refractivity contribution in [3.8, 4) is 0 Å². The van der Waals surface area contributed by atoms with Gasteiger partial charge in [0.05, 0.1) is 18.8 Å². The largest absolute Gasteiger partial charge is 0.383 e. The van der Waals surface area contributed by atoms with E-state index >= 15 is 0 Å². The maximum atomic E-state index is 5.04. The Hall–Kier alpha value is -1.88. The van der Waals surface area contributed by atoms with Gasteiger partial charge in [-0.25, -0.2) is 4.98 Å². The number of hydrogen-bond donors (Lipinski definition) is 1. The molecule has 0 atom stereocenters. The number of nitrogens with one attached hydrogen (secondary N) is 1. The van der Waals surface area contributed by atoms with Crippen molar-refractivity contribution < 1.29 is 4.74 Å². The molecule has 19 heavy (non-hydrogen) atoms. The fourth-order valence-electron chi connectivity index (χ4n) is 1.94. The van der Waals surface area contributed by atoms with Crippen LogP contribution in [-0.2, 0) is 11.3 Å². The topological polar surface area (TPSA) is 52.0 Å². The van der Waals surface area contributed by atoms with Crippen LogP contribution in [0.15, 0.2) is 24.7 Å². The highest BCUT2D eigenvalue weighted by Gasteiger charge is 2.07. The fraction of sp³-hybridized carbons (Fsp3) is 0.429. The van der Waals surface area contributed by atoms with Crippen molar-refractivity contribution in [2.75, 3.05) is 25.6 Å². The van der Waals surface area contributed by atoms with E-state index in [0.29, 0.717) is 6.61 Å². The maximum absolute atomic E-state index is 5.04. The molecule has 2 rings (SSSR count). The molecular formula is C14H20N4O. The van der Waals surface area contributed by atoms with E-state index in [4.69, 9.17) is 4.74 Å². The number of imidazole rings is 1. The highest BCUT2D eigenvalue weighted by atomic mass is 16.5. The summed E-state index contributed by atoms with van der Waals surface area (Å²) in [7, 11) is 1.69. The van der Waals surface area contributed by atoms with Gasteiger partial charge in [-0.1, -0.05) is 0 Å². The van der Waals surface area contributed by atoms with Gasteiger partial charge in [-0.15, -0.1) is 0 Å². The Morgan fingerprint density at radius 1 is 1.37 bits per heavy atom. The minimum Gasteiger partial charge on any atom is -0.383 e. The Kier molecular flexibility index (Phi) is 4.52. The average Bonchev–Trinajstić information content (AvgIpc) is 2.73. The summed E-state index contributed by atoms with van der Waals surface area (Å²) in [5.41, 5.74) is 3.45. The summed E-state index contributed by atoms with van der Waals surface area (Å²) in [5.74, 6) is 0.880. The molecule has 0 fully saturated rings. The van der Waals surface area contributed by atoms with E-state index in [2.05, 4.69) is 33.0 Å². The van der Waals surface area contributed by atoms with Crippen LogP contribution in [0.5, 0.6) is 0 Å². The number of pyridine rings is 1. The molecule has 0 saturated carbocycles. The Morgan fingerprint density at radius 3 is 2.95 bits per heavy atom. The van der Waals surface area contributed by atoms with Gasteiger partial charge in [0.2, 0.25) is 5.95 Å². The van der Waals surface area contributed by atoms with Gasteiger partial charge in [0.25, 0.3) is 0 Å². The Labute approximate surface area is 113 Å². The number of rotatable bonds is 6. The SMILES string of the molecule is COCCNc1nc(C)cn1Cc1ccncc1C. The van der Waals surface area contributed by atoms with E-state index < -0.39 is 0 Å². The molecule has 5 heteroatoms. The molecule has 0 spiro atoms. The zero-order valence-corrected chi connectivity index (χ0v) is 11.7. The summed E-state index contributed by atoms with van der Waals surface area (Å²) >= 11 is 0. The Balaban J connectivity index is 2.13. The average molecular weight is 260 g/mol. The number of ether oxygens (including phenoxy) is 1. The molecule has 0 aliphatic rings. The zero-order chi connectivity index (χ0) is 13.7. The van der Waals surface area contributed by atoms with E-state index in [1.165, 1.54) is 11.1 Å². The highest BCUT2D eigenvalue weighted by molar-refractivity contribution is 5.31. The van der Waals surface area contributed by atoms with Gasteiger partial charge in [-0.2, -0.15) is 0 Å². The molecular weight excluding hydrogens is 240 g/mol. The van der Waals surface area contributed by atoms with Crippen LogP contribution < -0.4 is 5.32 Å². The van der Waals surface area contributed by atoms with Crippen LogP contribution in [0, 0.1) is 13.8 Å². The lowest BCUT2D eigenvalue weighted by Gasteiger charge is -2.10. The first kappa shape index (κ1) is 13.5. The molecule has 0 aliphatic heterocycles. The second kappa shape index (κ2) is 6.33. The van der Waals surface area contributed by atoms with Gasteiger partial charge in [0.1, 0.15) is 0 Å². The van der Waals surface area contributed by atoms with Crippen LogP contribution in [0.4, 0.5) is 5.95 Å². The number of aryl methyl sites for hydroxylation is 2. The highest BCUT2D eigenvalue weighted by Crippen LogP contribution is 2.13. The van der Waals surface area contributed by atoms with Gasteiger partial charge in [0, 0.05) is 32.2 Å². The quantitative estimate of drug-likeness (QED) is 0.807. The standard InChI is InChI=1S/C14H20N4O/c1-11-8-15-5-4-13(11)10-18-9-12(2)17-14(18)16-6-7-19-3/h4-5,8-9H,6-7,10H2,1-3H3,(H,16,17). The van der Waals surface area contributed by atoms with Gasteiger partial charge < -0.3 is 14.6 Å². The summed E-state index contributed by atoms with van der Waals surface area (Å²) in [5, 5.41) is 3.29. The van der Waals surface area contributed by atoms with Crippen molar-refractivity contribution in [2.24, 2.45) is 0 Å². The van der Waals surface area contributed by atoms with Crippen molar-refractivity contribution in [2.45, 2.75) is 20.4 Å². The Bertz CT molecular complexity index is 536. The van der Waals surface area contributed by atoms with Crippen LogP contribution >= 0.6 is 0 Å². The van der Waals surface area contributed by atoms with E-state index in [-0.39, 0.29) is 0 Å². The third-order valence-corrected chi connectivity index (χ3v) is 2.96. The third-order valence-electron chi connectivity index (χ3n) is 2.96. The molecule has 1 N–H and O–H groups in total. The number of anilines is 1. The fourth-order valence-corrected chi connectivity index (χ4v) is 1.94. The van der Waals surface area contributed by atoms with Crippen molar-refractivity contribution in [1.82, 2.24) is 14.5 Å². The normalized spacial score (nSPS) is 10.7. The molecule has 0 saturated heterocycles. The number of hydrogen-bond acceptors (Lipinski definition) is 4. The third kappa shape index (κ3) is 3.54. The van der Waals surface area contributed by atoms with Crippen molar-refractivity contribution in [1.29, 1.82) is 0 Å². The zero-order valence-electron chi connectivity index (χ0n) is 11.7. The molecule has 0 radical (unpaired) electrons. The first-order chi connectivity index (χ1) is 9.20. The van der Waals surface area contributed by atoms with Crippen molar-refractivity contribution in [3.63, 3.8) is 0 Å². The summed E-state index contributed by atoms with van der Waals surface area (Å²) in [6.07, 6.45) is 5.76. The van der Waals surface area contributed by atoms with E-state index in [1.54, 1.807) is 7.11 Å². The molecule has 0 amide bonds. The molecule has 5 nitrogen and oxygen atoms in total. The molecule has 0 unspecified atom stereocenters.